The summed E-state index contributed by atoms with van der Waals surface area (Å²) in [5.74, 6) is 1.66. The Morgan fingerprint density at radius 1 is 1.13 bits per heavy atom. The van der Waals surface area contributed by atoms with Gasteiger partial charge in [0.15, 0.2) is 5.65 Å². The summed E-state index contributed by atoms with van der Waals surface area (Å²) < 4.78 is 4.12. The maximum atomic E-state index is 4.67. The second-order valence-corrected chi connectivity index (χ2v) is 8.76. The molecule has 8 heteroatoms. The third-order valence-electron chi connectivity index (χ3n) is 6.14. The molecule has 4 heterocycles. The number of nitrogens with zero attached hydrogens (tertiary/aromatic N) is 7. The summed E-state index contributed by atoms with van der Waals surface area (Å²) in [6.07, 6.45) is 8.01. The molecule has 4 aromatic heterocycles. The zero-order valence-corrected chi connectivity index (χ0v) is 18.2. The summed E-state index contributed by atoms with van der Waals surface area (Å²) in [5, 5.41) is 8.13. The number of rotatable bonds is 5. The van der Waals surface area contributed by atoms with E-state index in [2.05, 4.69) is 74.9 Å². The van der Waals surface area contributed by atoms with E-state index in [9.17, 15) is 0 Å². The fourth-order valence-electron chi connectivity index (χ4n) is 4.41. The average molecular weight is 405 g/mol. The SMILES string of the molecule is Cc1nc2ncc(-c3ccn4nc(N[C@H]5C[C@H](N(C)C)C5)ncc34)cc2n1C(C)C. The standard InChI is InChI=1S/C22H28N8/c1-13(2)30-14(3)25-21-19(30)8-15(11-23-21)18-6-7-29-20(18)12-24-22(27-29)26-16-9-17(10-16)28(4)5/h6-8,11-13,16-17H,9-10H2,1-5H3,(H,26,27)/t16-,17-. The van der Waals surface area contributed by atoms with Crippen LogP contribution in [-0.4, -0.2) is 60.2 Å². The summed E-state index contributed by atoms with van der Waals surface area (Å²) in [6, 6.07) is 5.66. The lowest BCUT2D eigenvalue weighted by molar-refractivity contribution is 0.177. The summed E-state index contributed by atoms with van der Waals surface area (Å²) in [4.78, 5) is 16.1. The minimum Gasteiger partial charge on any atom is -0.350 e. The van der Waals surface area contributed by atoms with Gasteiger partial charge in [-0.05, 0) is 59.8 Å². The van der Waals surface area contributed by atoms with E-state index < -0.39 is 0 Å². The molecule has 30 heavy (non-hydrogen) atoms. The van der Waals surface area contributed by atoms with Crippen molar-refractivity contribution in [2.45, 2.75) is 51.7 Å². The number of aromatic nitrogens is 6. The Labute approximate surface area is 176 Å². The molecule has 4 aromatic rings. The van der Waals surface area contributed by atoms with Crippen molar-refractivity contribution < 1.29 is 0 Å². The fourth-order valence-corrected chi connectivity index (χ4v) is 4.41. The highest BCUT2D eigenvalue weighted by Gasteiger charge is 2.31. The average Bonchev–Trinajstić information content (AvgIpc) is 3.22. The first-order valence-corrected chi connectivity index (χ1v) is 10.5. The van der Waals surface area contributed by atoms with Crippen molar-refractivity contribution in [3.05, 3.63) is 36.5 Å². The molecule has 0 bridgehead atoms. The Morgan fingerprint density at radius 3 is 2.67 bits per heavy atom. The molecule has 1 aliphatic carbocycles. The molecular formula is C22H28N8. The van der Waals surface area contributed by atoms with Crippen molar-refractivity contribution in [2.75, 3.05) is 19.4 Å². The van der Waals surface area contributed by atoms with E-state index in [4.69, 9.17) is 0 Å². The number of pyridine rings is 1. The van der Waals surface area contributed by atoms with Crippen LogP contribution in [0, 0.1) is 6.92 Å². The first-order valence-electron chi connectivity index (χ1n) is 10.5. The van der Waals surface area contributed by atoms with Gasteiger partial charge in [-0.25, -0.2) is 19.5 Å². The lowest BCUT2D eigenvalue weighted by Crippen LogP contribution is -2.47. The molecule has 0 atom stereocenters. The van der Waals surface area contributed by atoms with E-state index in [-0.39, 0.29) is 0 Å². The van der Waals surface area contributed by atoms with Gasteiger partial charge in [-0.3, -0.25) is 0 Å². The number of fused-ring (bicyclic) bond motifs is 2. The molecule has 156 valence electrons. The first kappa shape index (κ1) is 19.0. The van der Waals surface area contributed by atoms with Gasteiger partial charge in [0.1, 0.15) is 5.82 Å². The summed E-state index contributed by atoms with van der Waals surface area (Å²) in [6.45, 7) is 6.36. The zero-order chi connectivity index (χ0) is 21.0. The van der Waals surface area contributed by atoms with Crippen LogP contribution in [0.25, 0.3) is 27.8 Å². The number of hydrogen-bond donors (Lipinski definition) is 1. The topological polar surface area (TPSA) is 76.2 Å². The molecule has 8 nitrogen and oxygen atoms in total. The third-order valence-corrected chi connectivity index (χ3v) is 6.14. The molecule has 1 aliphatic rings. The van der Waals surface area contributed by atoms with Gasteiger partial charge in [0.2, 0.25) is 5.95 Å². The normalized spacial score (nSPS) is 19.2. The molecular weight excluding hydrogens is 376 g/mol. The van der Waals surface area contributed by atoms with Crippen LogP contribution < -0.4 is 5.32 Å². The number of hydrogen-bond acceptors (Lipinski definition) is 6. The van der Waals surface area contributed by atoms with E-state index in [1.54, 1.807) is 0 Å². The van der Waals surface area contributed by atoms with Gasteiger partial charge < -0.3 is 14.8 Å². The molecule has 0 aliphatic heterocycles. The maximum Gasteiger partial charge on any atom is 0.241 e. The molecule has 1 N–H and O–H groups in total. The van der Waals surface area contributed by atoms with Crippen molar-refractivity contribution in [3.63, 3.8) is 0 Å². The molecule has 1 saturated carbocycles. The summed E-state index contributed by atoms with van der Waals surface area (Å²) in [7, 11) is 4.26. The number of imidazole rings is 1. The van der Waals surface area contributed by atoms with Gasteiger partial charge in [-0.2, -0.15) is 0 Å². The van der Waals surface area contributed by atoms with Crippen molar-refractivity contribution >= 4 is 22.6 Å². The summed E-state index contributed by atoms with van der Waals surface area (Å²) >= 11 is 0. The molecule has 0 unspecified atom stereocenters. The van der Waals surface area contributed by atoms with E-state index in [1.165, 1.54) is 0 Å². The lowest BCUT2D eigenvalue weighted by Gasteiger charge is -2.39. The Hall–Kier alpha value is -3.00. The quantitative estimate of drug-likeness (QED) is 0.548. The van der Waals surface area contributed by atoms with E-state index in [1.807, 2.05) is 30.0 Å². The highest BCUT2D eigenvalue weighted by molar-refractivity contribution is 5.85. The van der Waals surface area contributed by atoms with Crippen LogP contribution in [0.2, 0.25) is 0 Å². The summed E-state index contributed by atoms with van der Waals surface area (Å²) in [5.41, 5.74) is 4.92. The van der Waals surface area contributed by atoms with Crippen LogP contribution in [-0.2, 0) is 0 Å². The minimum absolute atomic E-state index is 0.327. The second kappa shape index (κ2) is 7.05. The predicted octanol–water partition coefficient (Wildman–Crippen LogP) is 3.53. The number of nitrogens with one attached hydrogen (secondary N) is 1. The molecule has 0 spiro atoms. The Balaban J connectivity index is 1.45. The van der Waals surface area contributed by atoms with Crippen LogP contribution in [0.3, 0.4) is 0 Å². The largest absolute Gasteiger partial charge is 0.350 e. The Kier molecular flexibility index (Phi) is 4.47. The van der Waals surface area contributed by atoms with Crippen LogP contribution in [0.4, 0.5) is 5.95 Å². The highest BCUT2D eigenvalue weighted by atomic mass is 15.3. The highest BCUT2D eigenvalue weighted by Crippen LogP contribution is 2.30. The number of anilines is 1. The van der Waals surface area contributed by atoms with Crippen LogP contribution >= 0.6 is 0 Å². The van der Waals surface area contributed by atoms with Crippen molar-refractivity contribution in [1.82, 2.24) is 34.0 Å². The Morgan fingerprint density at radius 2 is 1.93 bits per heavy atom. The first-order chi connectivity index (χ1) is 14.4. The second-order valence-electron chi connectivity index (χ2n) is 8.76. The monoisotopic (exact) mass is 404 g/mol. The minimum atomic E-state index is 0.327. The van der Waals surface area contributed by atoms with Crippen LogP contribution in [0.1, 0.15) is 38.6 Å². The number of aryl methyl sites for hydroxylation is 1. The fraction of sp³-hybridized carbons (Fsp3) is 0.455. The van der Waals surface area contributed by atoms with E-state index >= 15 is 0 Å². The van der Waals surface area contributed by atoms with Gasteiger partial charge in [-0.15, -0.1) is 5.10 Å². The van der Waals surface area contributed by atoms with Crippen molar-refractivity contribution in [2.24, 2.45) is 0 Å². The van der Waals surface area contributed by atoms with E-state index in [0.29, 0.717) is 24.1 Å². The van der Waals surface area contributed by atoms with Crippen LogP contribution in [0.5, 0.6) is 0 Å². The smallest absolute Gasteiger partial charge is 0.241 e. The predicted molar refractivity (Wildman–Crippen MR) is 119 cm³/mol. The zero-order valence-electron chi connectivity index (χ0n) is 18.2. The van der Waals surface area contributed by atoms with Gasteiger partial charge in [-0.1, -0.05) is 0 Å². The van der Waals surface area contributed by atoms with Gasteiger partial charge in [0.25, 0.3) is 0 Å². The van der Waals surface area contributed by atoms with Crippen molar-refractivity contribution in [1.29, 1.82) is 0 Å². The molecule has 0 saturated heterocycles. The van der Waals surface area contributed by atoms with Gasteiger partial charge in [0.05, 0.1) is 17.2 Å². The third kappa shape index (κ3) is 3.11. The maximum absolute atomic E-state index is 4.67. The lowest BCUT2D eigenvalue weighted by atomic mass is 9.86. The molecule has 1 fully saturated rings. The van der Waals surface area contributed by atoms with Gasteiger partial charge >= 0.3 is 0 Å². The Bertz CT molecular complexity index is 1210. The molecule has 0 aromatic carbocycles. The van der Waals surface area contributed by atoms with E-state index in [0.717, 1.165) is 46.5 Å². The van der Waals surface area contributed by atoms with Gasteiger partial charge in [0, 0.05) is 41.6 Å². The van der Waals surface area contributed by atoms with Crippen LogP contribution in [0.15, 0.2) is 30.7 Å². The molecule has 5 rings (SSSR count). The van der Waals surface area contributed by atoms with Crippen molar-refractivity contribution in [3.8, 4) is 11.1 Å². The molecule has 0 radical (unpaired) electrons. The molecule has 0 amide bonds.